The molecule has 0 aromatic rings. The van der Waals surface area contributed by atoms with Crippen molar-refractivity contribution in [2.45, 2.75) is 31.6 Å². The zero-order valence-corrected chi connectivity index (χ0v) is 11.3. The first-order valence-electron chi connectivity index (χ1n) is 5.06. The van der Waals surface area contributed by atoms with Gasteiger partial charge in [0, 0.05) is 12.0 Å². The summed E-state index contributed by atoms with van der Waals surface area (Å²) in [5, 5.41) is -1.12. The molecule has 17 heavy (non-hydrogen) atoms. The van der Waals surface area contributed by atoms with Crippen LogP contribution in [-0.4, -0.2) is 46.9 Å². The second-order valence-corrected chi connectivity index (χ2v) is 8.23. The molecule has 3 N–H and O–H groups in total. The summed E-state index contributed by atoms with van der Waals surface area (Å²) in [5.41, 5.74) is -1.03. The third-order valence-corrected chi connectivity index (χ3v) is 5.28. The molecule has 1 unspecified atom stereocenters. The lowest BCUT2D eigenvalue weighted by molar-refractivity contribution is 0.0289. The maximum atomic E-state index is 11.1. The van der Waals surface area contributed by atoms with Gasteiger partial charge in [0.05, 0.1) is 12.3 Å². The van der Waals surface area contributed by atoms with Gasteiger partial charge in [0.1, 0.15) is 5.25 Å². The molecule has 1 aliphatic heterocycles. The van der Waals surface area contributed by atoms with Crippen LogP contribution in [0.15, 0.2) is 0 Å². The van der Waals surface area contributed by atoms with Crippen LogP contribution >= 0.6 is 7.60 Å². The molecule has 0 aromatic carbocycles. The summed E-state index contributed by atoms with van der Waals surface area (Å²) in [6, 6.07) is 0. The predicted molar refractivity (Wildman–Crippen MR) is 60.4 cm³/mol. The molecule has 2 atom stereocenters. The van der Waals surface area contributed by atoms with Crippen LogP contribution in [0.3, 0.4) is 0 Å². The van der Waals surface area contributed by atoms with E-state index >= 15 is 0 Å². The van der Waals surface area contributed by atoms with Gasteiger partial charge in [-0.15, -0.1) is 0 Å². The smallest absolute Gasteiger partial charge is 0.326 e. The molecule has 0 aliphatic carbocycles. The van der Waals surface area contributed by atoms with Crippen LogP contribution in [0.5, 0.6) is 0 Å². The van der Waals surface area contributed by atoms with E-state index in [1.54, 1.807) is 0 Å². The highest BCUT2D eigenvalue weighted by molar-refractivity contribution is 7.86. The van der Waals surface area contributed by atoms with Crippen molar-refractivity contribution in [2.75, 3.05) is 12.8 Å². The fourth-order valence-electron chi connectivity index (χ4n) is 2.22. The van der Waals surface area contributed by atoms with Crippen molar-refractivity contribution in [3.05, 3.63) is 0 Å². The SMILES string of the molecule is CC(C)(CP(=O)(O)O)[C@H]1OCCC1S(=O)(=O)O. The van der Waals surface area contributed by atoms with Crippen LogP contribution in [0.1, 0.15) is 20.3 Å². The fraction of sp³-hybridized carbons (Fsp3) is 1.00. The highest BCUT2D eigenvalue weighted by Gasteiger charge is 2.48. The van der Waals surface area contributed by atoms with E-state index in [0.717, 1.165) is 0 Å². The van der Waals surface area contributed by atoms with E-state index in [1.807, 2.05) is 0 Å². The van der Waals surface area contributed by atoms with Gasteiger partial charge in [0.25, 0.3) is 10.1 Å². The van der Waals surface area contributed by atoms with Gasteiger partial charge in [-0.1, -0.05) is 13.8 Å². The molecule has 0 aromatic heterocycles. The normalized spacial score (nSPS) is 27.4. The Labute approximate surface area is 100 Å². The Morgan fingerprint density at radius 1 is 1.41 bits per heavy atom. The summed E-state index contributed by atoms with van der Waals surface area (Å²) in [4.78, 5) is 17.9. The van der Waals surface area contributed by atoms with Crippen LogP contribution in [0.2, 0.25) is 0 Å². The van der Waals surface area contributed by atoms with Crippen molar-refractivity contribution in [3.8, 4) is 0 Å². The van der Waals surface area contributed by atoms with Crippen molar-refractivity contribution in [2.24, 2.45) is 5.41 Å². The molecule has 9 heteroatoms. The average molecular weight is 288 g/mol. The first kappa shape index (κ1) is 15.1. The van der Waals surface area contributed by atoms with Crippen LogP contribution in [0, 0.1) is 5.41 Å². The van der Waals surface area contributed by atoms with Crippen LogP contribution in [0.25, 0.3) is 0 Å². The topological polar surface area (TPSA) is 121 Å². The standard InChI is InChI=1S/C8H17O7PS/c1-8(2,5-16(9,10)11)7-6(3-4-15-7)17(12,13)14/h6-7H,3-5H2,1-2H3,(H2,9,10,11)(H,12,13,14)/t6?,7-/m0/s1. The molecule has 0 amide bonds. The van der Waals surface area contributed by atoms with Crippen molar-refractivity contribution < 1.29 is 32.1 Å². The van der Waals surface area contributed by atoms with Crippen LogP contribution < -0.4 is 0 Å². The van der Waals surface area contributed by atoms with E-state index in [1.165, 1.54) is 13.8 Å². The Bertz CT molecular complexity index is 423. The molecule has 0 radical (unpaired) electrons. The summed E-state index contributed by atoms with van der Waals surface area (Å²) >= 11 is 0. The van der Waals surface area contributed by atoms with E-state index in [2.05, 4.69) is 0 Å². The zero-order chi connectivity index (χ0) is 13.5. The molecule has 0 bridgehead atoms. The Balaban J connectivity index is 2.95. The minimum atomic E-state index is -4.27. The Morgan fingerprint density at radius 2 is 1.94 bits per heavy atom. The summed E-state index contributed by atoms with van der Waals surface area (Å²) in [5.74, 6) is 0. The van der Waals surface area contributed by atoms with Crippen LogP contribution in [0.4, 0.5) is 0 Å². The van der Waals surface area contributed by atoms with Gasteiger partial charge >= 0.3 is 7.60 Å². The second kappa shape index (κ2) is 4.60. The maximum absolute atomic E-state index is 11.1. The predicted octanol–water partition coefficient (Wildman–Crippen LogP) is 0.236. The molecular weight excluding hydrogens is 271 g/mol. The summed E-state index contributed by atoms with van der Waals surface area (Å²) in [6.45, 7) is 3.18. The van der Waals surface area contributed by atoms with E-state index < -0.39 is 40.6 Å². The summed E-state index contributed by atoms with van der Waals surface area (Å²) in [6.07, 6.45) is -1.27. The van der Waals surface area contributed by atoms with Gasteiger partial charge in [-0.05, 0) is 6.42 Å². The van der Waals surface area contributed by atoms with Gasteiger partial charge in [-0.3, -0.25) is 9.12 Å². The van der Waals surface area contributed by atoms with Gasteiger partial charge in [0.2, 0.25) is 0 Å². The van der Waals surface area contributed by atoms with Crippen molar-refractivity contribution in [3.63, 3.8) is 0 Å². The second-order valence-electron chi connectivity index (χ2n) is 4.94. The van der Waals surface area contributed by atoms with E-state index in [0.29, 0.717) is 0 Å². The summed E-state index contributed by atoms with van der Waals surface area (Å²) in [7, 11) is -8.54. The third-order valence-electron chi connectivity index (χ3n) is 2.80. The number of ether oxygens (including phenoxy) is 1. The molecule has 1 fully saturated rings. The lowest BCUT2D eigenvalue weighted by Crippen LogP contribution is -2.43. The zero-order valence-electron chi connectivity index (χ0n) is 9.61. The lowest BCUT2D eigenvalue weighted by Gasteiger charge is -2.33. The van der Waals surface area contributed by atoms with Gasteiger partial charge in [-0.25, -0.2) is 0 Å². The largest absolute Gasteiger partial charge is 0.376 e. The Kier molecular flexibility index (Phi) is 4.08. The van der Waals surface area contributed by atoms with Gasteiger partial charge in [0.15, 0.2) is 0 Å². The molecule has 102 valence electrons. The molecular formula is C8H17O7PS. The number of hydrogen-bond acceptors (Lipinski definition) is 4. The number of hydrogen-bond donors (Lipinski definition) is 3. The third kappa shape index (κ3) is 4.01. The molecule has 1 rings (SSSR count). The highest BCUT2D eigenvalue weighted by atomic mass is 32.2. The highest BCUT2D eigenvalue weighted by Crippen LogP contribution is 2.46. The lowest BCUT2D eigenvalue weighted by atomic mass is 9.87. The Hall–Kier alpha value is 0.0200. The van der Waals surface area contributed by atoms with Crippen molar-refractivity contribution >= 4 is 17.7 Å². The van der Waals surface area contributed by atoms with E-state index in [-0.39, 0.29) is 13.0 Å². The van der Waals surface area contributed by atoms with Crippen LogP contribution in [-0.2, 0) is 19.4 Å². The molecule has 0 spiro atoms. The molecule has 1 saturated heterocycles. The van der Waals surface area contributed by atoms with E-state index in [9.17, 15) is 13.0 Å². The molecule has 1 heterocycles. The molecule has 0 saturated carbocycles. The van der Waals surface area contributed by atoms with Crippen molar-refractivity contribution in [1.29, 1.82) is 0 Å². The summed E-state index contributed by atoms with van der Waals surface area (Å²) < 4.78 is 47.5. The average Bonchev–Trinajstić information content (AvgIpc) is 2.44. The minimum Gasteiger partial charge on any atom is -0.376 e. The van der Waals surface area contributed by atoms with Gasteiger partial charge < -0.3 is 14.5 Å². The first-order valence-corrected chi connectivity index (χ1v) is 8.36. The molecule has 1 aliphatic rings. The maximum Gasteiger partial charge on any atom is 0.326 e. The van der Waals surface area contributed by atoms with Crippen molar-refractivity contribution in [1.82, 2.24) is 0 Å². The first-order chi connectivity index (χ1) is 7.43. The monoisotopic (exact) mass is 288 g/mol. The number of rotatable bonds is 4. The fourth-order valence-corrected chi connectivity index (χ4v) is 4.62. The van der Waals surface area contributed by atoms with E-state index in [4.69, 9.17) is 19.1 Å². The van der Waals surface area contributed by atoms with Gasteiger partial charge in [-0.2, -0.15) is 8.42 Å². The molecule has 7 nitrogen and oxygen atoms in total. The minimum absolute atomic E-state index is 0.133. The quantitative estimate of drug-likeness (QED) is 0.500. The Morgan fingerprint density at radius 3 is 2.35 bits per heavy atom.